The summed E-state index contributed by atoms with van der Waals surface area (Å²) in [6, 6.07) is 0. The predicted octanol–water partition coefficient (Wildman–Crippen LogP) is 2.79. The lowest BCUT2D eigenvalue weighted by molar-refractivity contribution is -0.628. The number of rotatable bonds is 1. The molecule has 0 amide bonds. The van der Waals surface area contributed by atoms with E-state index >= 15 is 0 Å². The first-order valence-electron chi connectivity index (χ1n) is 7.22. The molecule has 0 radical (unpaired) electrons. The van der Waals surface area contributed by atoms with E-state index in [9.17, 15) is 10.0 Å². The van der Waals surface area contributed by atoms with Gasteiger partial charge in [-0.05, 0) is 38.5 Å². The number of nitrogens with zero attached hydrogens (tertiary/aromatic N) is 1. The standard InChI is InChI=1S/C15H18ClNO3/c1-9(18)20-13-8-4-6-11-14(16)10-5-2-3-7-12(10)17(19)15(11)13/h13H,2-8H2,1H3. The highest BCUT2D eigenvalue weighted by molar-refractivity contribution is 6.32. The van der Waals surface area contributed by atoms with Crippen LogP contribution in [0.5, 0.6) is 0 Å². The Hall–Kier alpha value is -1.29. The molecule has 0 saturated carbocycles. The minimum atomic E-state index is -0.446. The summed E-state index contributed by atoms with van der Waals surface area (Å²) in [6.45, 7) is 1.38. The quantitative estimate of drug-likeness (QED) is 0.455. The summed E-state index contributed by atoms with van der Waals surface area (Å²) in [7, 11) is 0. The van der Waals surface area contributed by atoms with Gasteiger partial charge in [-0.25, -0.2) is 0 Å². The van der Waals surface area contributed by atoms with E-state index in [1.165, 1.54) is 6.92 Å². The number of halogens is 1. The number of hydrogen-bond donors (Lipinski definition) is 0. The summed E-state index contributed by atoms with van der Waals surface area (Å²) in [4.78, 5) is 11.2. The van der Waals surface area contributed by atoms with Gasteiger partial charge in [0, 0.05) is 24.5 Å². The highest BCUT2D eigenvalue weighted by atomic mass is 35.5. The zero-order valence-corrected chi connectivity index (χ0v) is 12.3. The third-order valence-corrected chi connectivity index (χ3v) is 4.70. The number of pyridine rings is 1. The van der Waals surface area contributed by atoms with Crippen LogP contribution in [0.4, 0.5) is 0 Å². The third kappa shape index (κ3) is 2.16. The molecule has 5 heteroatoms. The van der Waals surface area contributed by atoms with Gasteiger partial charge in [0.25, 0.3) is 0 Å². The number of ether oxygens (including phenoxy) is 1. The first-order valence-corrected chi connectivity index (χ1v) is 7.60. The van der Waals surface area contributed by atoms with Crippen molar-refractivity contribution in [2.75, 3.05) is 0 Å². The molecule has 108 valence electrons. The van der Waals surface area contributed by atoms with Crippen molar-refractivity contribution in [3.8, 4) is 0 Å². The van der Waals surface area contributed by atoms with Crippen LogP contribution >= 0.6 is 11.6 Å². The first-order chi connectivity index (χ1) is 9.59. The summed E-state index contributed by atoms with van der Waals surface area (Å²) in [5, 5.41) is 13.4. The highest BCUT2D eigenvalue weighted by Gasteiger charge is 2.36. The Balaban J connectivity index is 2.15. The van der Waals surface area contributed by atoms with Gasteiger partial charge in [-0.3, -0.25) is 4.79 Å². The Morgan fingerprint density at radius 2 is 1.95 bits per heavy atom. The molecule has 1 heterocycles. The van der Waals surface area contributed by atoms with Crippen LogP contribution in [0.25, 0.3) is 0 Å². The number of aromatic nitrogens is 1. The lowest BCUT2D eigenvalue weighted by Gasteiger charge is -2.28. The molecule has 2 aliphatic rings. The number of hydrogen-bond acceptors (Lipinski definition) is 3. The van der Waals surface area contributed by atoms with Crippen LogP contribution in [-0.2, 0) is 28.8 Å². The maximum atomic E-state index is 12.7. The minimum Gasteiger partial charge on any atom is -0.618 e. The molecule has 20 heavy (non-hydrogen) atoms. The highest BCUT2D eigenvalue weighted by Crippen LogP contribution is 2.38. The predicted molar refractivity (Wildman–Crippen MR) is 74.5 cm³/mol. The molecule has 0 aromatic carbocycles. The molecule has 1 atom stereocenters. The molecular weight excluding hydrogens is 278 g/mol. The average Bonchev–Trinajstić information content (AvgIpc) is 2.44. The van der Waals surface area contributed by atoms with Crippen LogP contribution in [0.2, 0.25) is 5.02 Å². The van der Waals surface area contributed by atoms with Crippen LogP contribution in [0.1, 0.15) is 61.2 Å². The SMILES string of the molecule is CC(=O)OC1CCCc2c(Cl)c3c([n+]([O-])c21)CCCC3. The van der Waals surface area contributed by atoms with Gasteiger partial charge in [-0.15, -0.1) is 0 Å². The second-order valence-corrected chi connectivity index (χ2v) is 5.97. The van der Waals surface area contributed by atoms with Crippen molar-refractivity contribution in [3.05, 3.63) is 32.7 Å². The van der Waals surface area contributed by atoms with Gasteiger partial charge >= 0.3 is 5.97 Å². The van der Waals surface area contributed by atoms with Gasteiger partial charge in [0.05, 0.1) is 5.02 Å². The summed E-state index contributed by atoms with van der Waals surface area (Å²) in [5.41, 5.74) is 3.24. The van der Waals surface area contributed by atoms with Crippen molar-refractivity contribution in [1.82, 2.24) is 0 Å². The van der Waals surface area contributed by atoms with Crippen LogP contribution in [0.3, 0.4) is 0 Å². The molecule has 1 aromatic heterocycles. The van der Waals surface area contributed by atoms with Gasteiger partial charge in [0.2, 0.25) is 5.69 Å². The Morgan fingerprint density at radius 1 is 1.25 bits per heavy atom. The van der Waals surface area contributed by atoms with Crippen LogP contribution < -0.4 is 4.73 Å². The van der Waals surface area contributed by atoms with Crippen LogP contribution in [0.15, 0.2) is 0 Å². The van der Waals surface area contributed by atoms with Crippen molar-refractivity contribution in [2.45, 2.75) is 58.0 Å². The van der Waals surface area contributed by atoms with E-state index in [2.05, 4.69) is 0 Å². The van der Waals surface area contributed by atoms with E-state index in [4.69, 9.17) is 16.3 Å². The van der Waals surface area contributed by atoms with Crippen molar-refractivity contribution in [2.24, 2.45) is 0 Å². The second kappa shape index (κ2) is 5.24. The Kier molecular flexibility index (Phi) is 3.59. The normalized spacial score (nSPS) is 21.0. The van der Waals surface area contributed by atoms with Gasteiger partial charge in [-0.2, -0.15) is 4.73 Å². The zero-order chi connectivity index (χ0) is 14.3. The van der Waals surface area contributed by atoms with Crippen LogP contribution in [0, 0.1) is 5.21 Å². The van der Waals surface area contributed by atoms with E-state index in [1.807, 2.05) is 0 Å². The lowest BCUT2D eigenvalue weighted by Crippen LogP contribution is -2.43. The monoisotopic (exact) mass is 295 g/mol. The number of esters is 1. The molecule has 0 N–H and O–H groups in total. The van der Waals surface area contributed by atoms with Crippen molar-refractivity contribution < 1.29 is 14.3 Å². The van der Waals surface area contributed by atoms with Crippen molar-refractivity contribution in [3.63, 3.8) is 0 Å². The zero-order valence-electron chi connectivity index (χ0n) is 11.6. The number of carbonyl (C=O) groups is 1. The Morgan fingerprint density at radius 3 is 2.70 bits per heavy atom. The molecule has 0 saturated heterocycles. The number of carbonyl (C=O) groups excluding carboxylic acids is 1. The second-order valence-electron chi connectivity index (χ2n) is 5.59. The third-order valence-electron chi connectivity index (χ3n) is 4.25. The molecule has 0 aliphatic heterocycles. The molecule has 3 rings (SSSR count). The van der Waals surface area contributed by atoms with E-state index < -0.39 is 6.10 Å². The lowest BCUT2D eigenvalue weighted by atomic mass is 9.87. The average molecular weight is 296 g/mol. The summed E-state index contributed by atoms with van der Waals surface area (Å²) in [6.07, 6.45) is 5.68. The minimum absolute atomic E-state index is 0.350. The molecular formula is C15H18ClNO3. The van der Waals surface area contributed by atoms with Crippen molar-refractivity contribution >= 4 is 17.6 Å². The molecule has 0 bridgehead atoms. The van der Waals surface area contributed by atoms with E-state index in [0.29, 0.717) is 12.1 Å². The topological polar surface area (TPSA) is 53.2 Å². The Labute approximate surface area is 123 Å². The Bertz CT molecular complexity index is 571. The smallest absolute Gasteiger partial charge is 0.303 e. The van der Waals surface area contributed by atoms with Gasteiger partial charge in [0.1, 0.15) is 0 Å². The first kappa shape index (κ1) is 13.7. The molecule has 1 unspecified atom stereocenters. The van der Waals surface area contributed by atoms with Crippen LogP contribution in [-0.4, -0.2) is 5.97 Å². The van der Waals surface area contributed by atoms with E-state index in [0.717, 1.165) is 65.1 Å². The fraction of sp³-hybridized carbons (Fsp3) is 0.600. The van der Waals surface area contributed by atoms with E-state index in [1.54, 1.807) is 0 Å². The molecule has 0 fully saturated rings. The molecule has 2 aliphatic carbocycles. The largest absolute Gasteiger partial charge is 0.618 e. The fourth-order valence-corrected chi connectivity index (χ4v) is 3.79. The van der Waals surface area contributed by atoms with Gasteiger partial charge in [0.15, 0.2) is 11.8 Å². The molecule has 4 nitrogen and oxygen atoms in total. The van der Waals surface area contributed by atoms with Gasteiger partial charge < -0.3 is 9.94 Å². The summed E-state index contributed by atoms with van der Waals surface area (Å²) < 4.78 is 6.33. The summed E-state index contributed by atoms with van der Waals surface area (Å²) >= 11 is 6.53. The molecule has 1 aromatic rings. The number of fused-ring (bicyclic) bond motifs is 2. The summed E-state index contributed by atoms with van der Waals surface area (Å²) in [5.74, 6) is -0.350. The maximum absolute atomic E-state index is 12.7. The van der Waals surface area contributed by atoms with E-state index in [-0.39, 0.29) is 5.97 Å². The molecule has 0 spiro atoms. The van der Waals surface area contributed by atoms with Gasteiger partial charge in [-0.1, -0.05) is 11.6 Å². The fourth-order valence-electron chi connectivity index (χ4n) is 3.39. The van der Waals surface area contributed by atoms with Crippen molar-refractivity contribution in [1.29, 1.82) is 0 Å². The maximum Gasteiger partial charge on any atom is 0.303 e.